The van der Waals surface area contributed by atoms with Gasteiger partial charge in [-0.25, -0.2) is 0 Å². The average molecular weight is 283 g/mol. The van der Waals surface area contributed by atoms with E-state index in [1.165, 1.54) is 64.2 Å². The molecular formula is C17H33NO2. The van der Waals surface area contributed by atoms with Gasteiger partial charge in [0, 0.05) is 18.5 Å². The number of aliphatic carboxylic acids is 1. The van der Waals surface area contributed by atoms with Crippen molar-refractivity contribution >= 4 is 5.97 Å². The van der Waals surface area contributed by atoms with Crippen molar-refractivity contribution in [2.75, 3.05) is 0 Å². The minimum atomic E-state index is -0.693. The van der Waals surface area contributed by atoms with Crippen LogP contribution in [-0.2, 0) is 4.79 Å². The maximum absolute atomic E-state index is 9.76. The zero-order chi connectivity index (χ0) is 14.6. The van der Waals surface area contributed by atoms with Crippen molar-refractivity contribution in [2.45, 2.75) is 102 Å². The standard InChI is InChI=1S/C12H23N.C5H10O2/c1-3-7-11(8-4-1)13-12-9-5-2-6-10-12;1-2-3-4-5(6)7/h11-13H,1-10H2;2-4H2,1H3,(H,6,7). The van der Waals surface area contributed by atoms with Crippen LogP contribution in [0.2, 0.25) is 0 Å². The predicted octanol–water partition coefficient (Wildman–Crippen LogP) is 4.50. The van der Waals surface area contributed by atoms with E-state index in [9.17, 15) is 4.79 Å². The van der Waals surface area contributed by atoms with Gasteiger partial charge in [-0.05, 0) is 32.1 Å². The van der Waals surface area contributed by atoms with Crippen molar-refractivity contribution in [1.82, 2.24) is 5.32 Å². The third-order valence-corrected chi connectivity index (χ3v) is 4.43. The van der Waals surface area contributed by atoms with Gasteiger partial charge < -0.3 is 10.4 Å². The molecule has 0 atom stereocenters. The first-order valence-corrected chi connectivity index (χ1v) is 8.70. The van der Waals surface area contributed by atoms with Crippen molar-refractivity contribution in [3.63, 3.8) is 0 Å². The molecule has 0 amide bonds. The Morgan fingerprint density at radius 3 is 1.70 bits per heavy atom. The summed E-state index contributed by atoms with van der Waals surface area (Å²) in [6.45, 7) is 1.98. The highest BCUT2D eigenvalue weighted by atomic mass is 16.4. The van der Waals surface area contributed by atoms with Crippen molar-refractivity contribution in [1.29, 1.82) is 0 Å². The Morgan fingerprint density at radius 2 is 1.40 bits per heavy atom. The molecule has 0 aromatic carbocycles. The summed E-state index contributed by atoms with van der Waals surface area (Å²) in [5.41, 5.74) is 0. The Kier molecular flexibility index (Phi) is 9.73. The van der Waals surface area contributed by atoms with E-state index in [2.05, 4.69) is 5.32 Å². The average Bonchev–Trinajstić information content (AvgIpc) is 2.48. The lowest BCUT2D eigenvalue weighted by Crippen LogP contribution is -2.40. The molecule has 2 fully saturated rings. The molecular weight excluding hydrogens is 250 g/mol. The van der Waals surface area contributed by atoms with E-state index in [0.29, 0.717) is 6.42 Å². The molecule has 3 heteroatoms. The van der Waals surface area contributed by atoms with Gasteiger partial charge in [-0.1, -0.05) is 51.9 Å². The molecule has 0 aromatic rings. The van der Waals surface area contributed by atoms with E-state index in [0.717, 1.165) is 24.9 Å². The lowest BCUT2D eigenvalue weighted by molar-refractivity contribution is -0.137. The number of unbranched alkanes of at least 4 members (excludes halogenated alkanes) is 1. The van der Waals surface area contributed by atoms with Crippen molar-refractivity contribution in [3.8, 4) is 0 Å². The molecule has 0 heterocycles. The van der Waals surface area contributed by atoms with E-state index in [-0.39, 0.29) is 0 Å². The highest BCUT2D eigenvalue weighted by Crippen LogP contribution is 2.22. The second kappa shape index (κ2) is 11.1. The fourth-order valence-corrected chi connectivity index (χ4v) is 3.20. The summed E-state index contributed by atoms with van der Waals surface area (Å²) < 4.78 is 0. The molecule has 0 saturated heterocycles. The molecule has 0 radical (unpaired) electrons. The topological polar surface area (TPSA) is 49.3 Å². The van der Waals surface area contributed by atoms with Gasteiger partial charge in [-0.3, -0.25) is 4.79 Å². The quantitative estimate of drug-likeness (QED) is 0.781. The van der Waals surface area contributed by atoms with E-state index >= 15 is 0 Å². The lowest BCUT2D eigenvalue weighted by Gasteiger charge is -2.30. The molecule has 0 unspecified atom stereocenters. The third-order valence-electron chi connectivity index (χ3n) is 4.43. The highest BCUT2D eigenvalue weighted by Gasteiger charge is 2.19. The first kappa shape index (κ1) is 17.5. The Morgan fingerprint density at radius 1 is 0.950 bits per heavy atom. The van der Waals surface area contributed by atoms with Crippen LogP contribution in [0.5, 0.6) is 0 Å². The number of carboxylic acids is 1. The van der Waals surface area contributed by atoms with Crippen molar-refractivity contribution in [2.24, 2.45) is 0 Å². The van der Waals surface area contributed by atoms with Gasteiger partial charge in [0.1, 0.15) is 0 Å². The summed E-state index contributed by atoms with van der Waals surface area (Å²) >= 11 is 0. The Hall–Kier alpha value is -0.570. The van der Waals surface area contributed by atoms with Crippen LogP contribution < -0.4 is 5.32 Å². The molecule has 2 aliphatic carbocycles. The predicted molar refractivity (Wildman–Crippen MR) is 84.0 cm³/mol. The summed E-state index contributed by atoms with van der Waals surface area (Å²) in [5.74, 6) is -0.693. The molecule has 0 bridgehead atoms. The normalized spacial score (nSPS) is 21.1. The van der Waals surface area contributed by atoms with Crippen LogP contribution >= 0.6 is 0 Å². The molecule has 118 valence electrons. The zero-order valence-electron chi connectivity index (χ0n) is 13.2. The first-order valence-electron chi connectivity index (χ1n) is 8.70. The van der Waals surface area contributed by atoms with E-state index in [1.807, 2.05) is 6.92 Å². The summed E-state index contributed by atoms with van der Waals surface area (Å²) in [6, 6.07) is 1.74. The molecule has 2 saturated carbocycles. The second-order valence-electron chi connectivity index (χ2n) is 6.33. The monoisotopic (exact) mass is 283 g/mol. The number of nitrogens with one attached hydrogen (secondary N) is 1. The number of carboxylic acid groups (broad SMARTS) is 1. The smallest absolute Gasteiger partial charge is 0.303 e. The maximum atomic E-state index is 9.76. The van der Waals surface area contributed by atoms with E-state index in [4.69, 9.17) is 5.11 Å². The van der Waals surface area contributed by atoms with Gasteiger partial charge in [0.05, 0.1) is 0 Å². The number of rotatable bonds is 5. The SMILES string of the molecule is C1CCC(NC2CCCCC2)CC1.CCCCC(=O)O. The number of carbonyl (C=O) groups is 1. The minimum absolute atomic E-state index is 0.316. The first-order chi connectivity index (χ1) is 9.72. The Balaban J connectivity index is 0.000000246. The van der Waals surface area contributed by atoms with Gasteiger partial charge in [0.25, 0.3) is 0 Å². The highest BCUT2D eigenvalue weighted by molar-refractivity contribution is 5.66. The number of hydrogen-bond donors (Lipinski definition) is 2. The molecule has 2 rings (SSSR count). The van der Waals surface area contributed by atoms with Crippen LogP contribution in [-0.4, -0.2) is 23.2 Å². The molecule has 0 aromatic heterocycles. The fourth-order valence-electron chi connectivity index (χ4n) is 3.20. The summed E-state index contributed by atoms with van der Waals surface area (Å²) in [7, 11) is 0. The Bertz CT molecular complexity index is 227. The van der Waals surface area contributed by atoms with E-state index < -0.39 is 5.97 Å². The van der Waals surface area contributed by atoms with Crippen molar-refractivity contribution in [3.05, 3.63) is 0 Å². The molecule has 0 aliphatic heterocycles. The molecule has 3 nitrogen and oxygen atoms in total. The van der Waals surface area contributed by atoms with Crippen LogP contribution in [0.3, 0.4) is 0 Å². The van der Waals surface area contributed by atoms with Gasteiger partial charge in [0.15, 0.2) is 0 Å². The molecule has 2 aliphatic rings. The fraction of sp³-hybridized carbons (Fsp3) is 0.941. The number of hydrogen-bond acceptors (Lipinski definition) is 2. The summed E-state index contributed by atoms with van der Waals surface area (Å²) in [4.78, 5) is 9.76. The lowest BCUT2D eigenvalue weighted by atomic mass is 9.91. The second-order valence-corrected chi connectivity index (χ2v) is 6.33. The largest absolute Gasteiger partial charge is 0.481 e. The zero-order valence-corrected chi connectivity index (χ0v) is 13.2. The van der Waals surface area contributed by atoms with Gasteiger partial charge in [-0.15, -0.1) is 0 Å². The Labute approximate surface area is 124 Å². The molecule has 0 spiro atoms. The third kappa shape index (κ3) is 8.57. The van der Waals surface area contributed by atoms with Crippen LogP contribution in [0.15, 0.2) is 0 Å². The van der Waals surface area contributed by atoms with Gasteiger partial charge in [-0.2, -0.15) is 0 Å². The van der Waals surface area contributed by atoms with Gasteiger partial charge in [0.2, 0.25) is 0 Å². The van der Waals surface area contributed by atoms with Crippen LogP contribution in [0.1, 0.15) is 90.4 Å². The van der Waals surface area contributed by atoms with Crippen LogP contribution in [0.4, 0.5) is 0 Å². The summed E-state index contributed by atoms with van der Waals surface area (Å²) in [6.07, 6.45) is 16.6. The van der Waals surface area contributed by atoms with Crippen LogP contribution in [0.25, 0.3) is 0 Å². The van der Waals surface area contributed by atoms with Crippen LogP contribution in [0, 0.1) is 0 Å². The molecule has 2 N–H and O–H groups in total. The maximum Gasteiger partial charge on any atom is 0.303 e. The summed E-state index contributed by atoms with van der Waals surface area (Å²) in [5, 5.41) is 11.9. The van der Waals surface area contributed by atoms with Crippen molar-refractivity contribution < 1.29 is 9.90 Å². The van der Waals surface area contributed by atoms with Gasteiger partial charge >= 0.3 is 5.97 Å². The minimum Gasteiger partial charge on any atom is -0.481 e. The van der Waals surface area contributed by atoms with E-state index in [1.54, 1.807) is 0 Å². The molecule has 20 heavy (non-hydrogen) atoms.